The van der Waals surface area contributed by atoms with Crippen LogP contribution in [-0.4, -0.2) is 35.0 Å². The van der Waals surface area contributed by atoms with Crippen molar-refractivity contribution in [2.24, 2.45) is 11.1 Å². The summed E-state index contributed by atoms with van der Waals surface area (Å²) in [6.07, 6.45) is 1.01. The fraction of sp³-hybridized carbons (Fsp3) is 0.500. The van der Waals surface area contributed by atoms with Gasteiger partial charge in [0.15, 0.2) is 0 Å². The molecule has 0 aliphatic carbocycles. The van der Waals surface area contributed by atoms with Gasteiger partial charge in [-0.05, 0) is 25.3 Å². The third-order valence-corrected chi connectivity index (χ3v) is 4.50. The highest BCUT2D eigenvalue weighted by Gasteiger charge is 2.45. The van der Waals surface area contributed by atoms with Crippen LogP contribution in [0.2, 0.25) is 0 Å². The number of carboxylic acids is 1. The maximum Gasteiger partial charge on any atom is 0.311 e. The molecule has 0 radical (unpaired) electrons. The van der Waals surface area contributed by atoms with E-state index in [1.807, 2.05) is 38.1 Å². The lowest BCUT2D eigenvalue weighted by Gasteiger charge is -2.25. The number of aliphatic carboxylic acids is 1. The first kappa shape index (κ1) is 15.5. The number of carboxylic acid groups (broad SMARTS) is 1. The number of hydrogen-bond acceptors (Lipinski definition) is 3. The zero-order chi connectivity index (χ0) is 15.6. The van der Waals surface area contributed by atoms with Crippen LogP contribution in [-0.2, 0) is 9.59 Å². The van der Waals surface area contributed by atoms with Crippen molar-refractivity contribution in [3.63, 3.8) is 0 Å². The van der Waals surface area contributed by atoms with E-state index >= 15 is 0 Å². The Morgan fingerprint density at radius 2 is 2.00 bits per heavy atom. The molecule has 1 heterocycles. The molecule has 1 aliphatic heterocycles. The summed E-state index contributed by atoms with van der Waals surface area (Å²) in [7, 11) is 0. The number of benzene rings is 1. The van der Waals surface area contributed by atoms with Gasteiger partial charge in [0.05, 0.1) is 5.41 Å². The monoisotopic (exact) mass is 290 g/mol. The average Bonchev–Trinajstić information content (AvgIpc) is 2.92. The normalized spacial score (nSPS) is 23.1. The van der Waals surface area contributed by atoms with Crippen molar-refractivity contribution in [1.82, 2.24) is 4.90 Å². The van der Waals surface area contributed by atoms with Gasteiger partial charge in [-0.25, -0.2) is 0 Å². The molecule has 0 aromatic heterocycles. The summed E-state index contributed by atoms with van der Waals surface area (Å²) in [5.41, 5.74) is 7.09. The maximum absolute atomic E-state index is 12.5. The predicted octanol–water partition coefficient (Wildman–Crippen LogP) is 1.71. The Balaban J connectivity index is 2.11. The molecule has 2 unspecified atom stereocenters. The van der Waals surface area contributed by atoms with Crippen molar-refractivity contribution in [2.45, 2.75) is 32.7 Å². The van der Waals surface area contributed by atoms with Crippen molar-refractivity contribution < 1.29 is 14.7 Å². The lowest BCUT2D eigenvalue weighted by Crippen LogP contribution is -2.40. The van der Waals surface area contributed by atoms with Gasteiger partial charge in [-0.3, -0.25) is 9.59 Å². The van der Waals surface area contributed by atoms with Crippen LogP contribution in [0.5, 0.6) is 0 Å². The number of rotatable bonds is 4. The summed E-state index contributed by atoms with van der Waals surface area (Å²) >= 11 is 0. The average molecular weight is 290 g/mol. The molecule has 1 fully saturated rings. The van der Waals surface area contributed by atoms with E-state index in [4.69, 9.17) is 5.73 Å². The van der Waals surface area contributed by atoms with Gasteiger partial charge in [-0.15, -0.1) is 0 Å². The molecule has 1 amide bonds. The Morgan fingerprint density at radius 3 is 2.48 bits per heavy atom. The van der Waals surface area contributed by atoms with Crippen LogP contribution in [0.15, 0.2) is 24.3 Å². The molecule has 21 heavy (non-hydrogen) atoms. The first-order valence-corrected chi connectivity index (χ1v) is 7.24. The molecular formula is C16H22N2O3. The second kappa shape index (κ2) is 5.85. The van der Waals surface area contributed by atoms with Crippen LogP contribution in [0.1, 0.15) is 36.9 Å². The molecule has 1 saturated heterocycles. The molecule has 5 heteroatoms. The van der Waals surface area contributed by atoms with E-state index in [2.05, 4.69) is 0 Å². The summed E-state index contributed by atoms with van der Waals surface area (Å²) in [5.74, 6) is -1.03. The fourth-order valence-corrected chi connectivity index (χ4v) is 2.79. The molecule has 0 bridgehead atoms. The van der Waals surface area contributed by atoms with Crippen molar-refractivity contribution in [2.75, 3.05) is 13.1 Å². The quantitative estimate of drug-likeness (QED) is 0.884. The van der Waals surface area contributed by atoms with E-state index < -0.39 is 17.4 Å². The first-order valence-electron chi connectivity index (χ1n) is 7.24. The zero-order valence-corrected chi connectivity index (χ0v) is 12.5. The number of hydrogen-bond donors (Lipinski definition) is 2. The summed E-state index contributed by atoms with van der Waals surface area (Å²) in [4.78, 5) is 25.5. The van der Waals surface area contributed by atoms with Crippen molar-refractivity contribution >= 4 is 11.9 Å². The van der Waals surface area contributed by atoms with Crippen LogP contribution in [0, 0.1) is 12.3 Å². The smallest absolute Gasteiger partial charge is 0.311 e. The Hall–Kier alpha value is -1.88. The number of carbonyl (C=O) groups is 2. The minimum Gasteiger partial charge on any atom is -0.481 e. The van der Waals surface area contributed by atoms with Gasteiger partial charge < -0.3 is 15.7 Å². The van der Waals surface area contributed by atoms with Crippen molar-refractivity contribution in [3.05, 3.63) is 35.4 Å². The molecular weight excluding hydrogens is 268 g/mol. The Labute approximate surface area is 124 Å². The zero-order valence-electron chi connectivity index (χ0n) is 12.5. The lowest BCUT2D eigenvalue weighted by molar-refractivity contribution is -0.148. The molecule has 3 N–H and O–H groups in total. The van der Waals surface area contributed by atoms with Gasteiger partial charge in [-0.1, -0.05) is 36.8 Å². The first-order chi connectivity index (χ1) is 9.89. The number of nitrogens with two attached hydrogens (primary N) is 1. The third kappa shape index (κ3) is 2.93. The van der Waals surface area contributed by atoms with Crippen molar-refractivity contribution in [1.29, 1.82) is 0 Å². The minimum atomic E-state index is -0.829. The molecule has 1 aromatic rings. The van der Waals surface area contributed by atoms with E-state index in [1.54, 1.807) is 4.90 Å². The molecule has 2 atom stereocenters. The molecule has 5 nitrogen and oxygen atoms in total. The number of likely N-dealkylation sites (tertiary alicyclic amines) is 1. The lowest BCUT2D eigenvalue weighted by atomic mass is 9.84. The minimum absolute atomic E-state index is 0.199. The second-order valence-electron chi connectivity index (χ2n) is 5.84. The summed E-state index contributed by atoms with van der Waals surface area (Å²) in [5, 5.41) is 9.38. The summed E-state index contributed by atoms with van der Waals surface area (Å²) < 4.78 is 0. The molecule has 2 rings (SSSR count). The molecule has 1 aromatic carbocycles. The SMILES string of the molecule is CCC1(C(=O)O)CCN(C(=O)C(N)c2ccc(C)cc2)C1. The molecule has 114 valence electrons. The molecule has 0 spiro atoms. The number of nitrogens with zero attached hydrogens (tertiary/aromatic N) is 1. The highest BCUT2D eigenvalue weighted by molar-refractivity contribution is 5.85. The van der Waals surface area contributed by atoms with Gasteiger partial charge in [0.2, 0.25) is 5.91 Å². The van der Waals surface area contributed by atoms with Gasteiger partial charge in [0, 0.05) is 13.1 Å². The Kier molecular flexibility index (Phi) is 4.32. The second-order valence-corrected chi connectivity index (χ2v) is 5.84. The predicted molar refractivity (Wildman–Crippen MR) is 79.7 cm³/mol. The van der Waals surface area contributed by atoms with E-state index in [0.29, 0.717) is 19.4 Å². The topological polar surface area (TPSA) is 83.6 Å². The standard InChI is InChI=1S/C16H22N2O3/c1-3-16(15(20)21)8-9-18(10-16)14(19)13(17)12-6-4-11(2)5-7-12/h4-7,13H,3,8-10,17H2,1-2H3,(H,20,21). The van der Waals surface area contributed by atoms with Gasteiger partial charge in [0.1, 0.15) is 6.04 Å². The van der Waals surface area contributed by atoms with Crippen LogP contribution < -0.4 is 5.73 Å². The van der Waals surface area contributed by atoms with Crippen molar-refractivity contribution in [3.8, 4) is 0 Å². The number of aryl methyl sites for hydroxylation is 1. The molecule has 0 saturated carbocycles. The Bertz CT molecular complexity index is 541. The van der Waals surface area contributed by atoms with Crippen LogP contribution >= 0.6 is 0 Å². The van der Waals surface area contributed by atoms with Crippen LogP contribution in [0.3, 0.4) is 0 Å². The fourth-order valence-electron chi connectivity index (χ4n) is 2.79. The molecule has 1 aliphatic rings. The van der Waals surface area contributed by atoms with E-state index in [-0.39, 0.29) is 12.5 Å². The van der Waals surface area contributed by atoms with Crippen LogP contribution in [0.25, 0.3) is 0 Å². The Morgan fingerprint density at radius 1 is 1.38 bits per heavy atom. The highest BCUT2D eigenvalue weighted by Crippen LogP contribution is 2.35. The maximum atomic E-state index is 12.5. The van der Waals surface area contributed by atoms with Crippen LogP contribution in [0.4, 0.5) is 0 Å². The largest absolute Gasteiger partial charge is 0.481 e. The van der Waals surface area contributed by atoms with E-state index in [1.165, 1.54) is 0 Å². The van der Waals surface area contributed by atoms with E-state index in [0.717, 1.165) is 11.1 Å². The third-order valence-electron chi connectivity index (χ3n) is 4.50. The summed E-state index contributed by atoms with van der Waals surface area (Å²) in [6.45, 7) is 4.53. The van der Waals surface area contributed by atoms with Gasteiger partial charge >= 0.3 is 5.97 Å². The number of amides is 1. The van der Waals surface area contributed by atoms with E-state index in [9.17, 15) is 14.7 Å². The summed E-state index contributed by atoms with van der Waals surface area (Å²) in [6, 6.07) is 6.79. The highest BCUT2D eigenvalue weighted by atomic mass is 16.4. The van der Waals surface area contributed by atoms with Gasteiger partial charge in [-0.2, -0.15) is 0 Å². The van der Waals surface area contributed by atoms with Gasteiger partial charge in [0.25, 0.3) is 0 Å². The number of carbonyl (C=O) groups excluding carboxylic acids is 1.